The third kappa shape index (κ3) is 8.22. The van der Waals surface area contributed by atoms with E-state index in [9.17, 15) is 0 Å². The summed E-state index contributed by atoms with van der Waals surface area (Å²) in [6.45, 7) is 2.11. The van der Waals surface area contributed by atoms with Crippen molar-refractivity contribution in [3.8, 4) is 5.40 Å². The van der Waals surface area contributed by atoms with Gasteiger partial charge in [0.05, 0.1) is 0 Å². The minimum absolute atomic E-state index is 0.510. The van der Waals surface area contributed by atoms with Crippen LogP contribution in [0.15, 0.2) is 0 Å². The van der Waals surface area contributed by atoms with Crippen LogP contribution in [0.5, 0.6) is 0 Å². The summed E-state index contributed by atoms with van der Waals surface area (Å²) >= 11 is 4.77. The first-order valence-corrected chi connectivity index (χ1v) is 5.92. The Kier molecular flexibility index (Phi) is 8.66. The molecule has 3 heteroatoms. The number of halogens is 1. The molecule has 0 N–H and O–H groups in total. The molecule has 0 radical (unpaired) electrons. The second kappa shape index (κ2) is 8.42. The molecule has 1 unspecified atom stereocenters. The molecule has 0 amide bonds. The minimum Gasteiger partial charge on any atom is -0.185 e. The van der Waals surface area contributed by atoms with Gasteiger partial charge in [-0.1, -0.05) is 35.7 Å². The van der Waals surface area contributed by atoms with Gasteiger partial charge in [0.25, 0.3) is 0 Å². The molecule has 0 heterocycles. The first-order chi connectivity index (χ1) is 5.31. The van der Waals surface area contributed by atoms with Crippen LogP contribution in [0.2, 0.25) is 0 Å². The number of rotatable bonds is 6. The SMILES string of the molecule is CC(CCCCCBr)SC#N. The van der Waals surface area contributed by atoms with Crippen LogP contribution in [0, 0.1) is 10.7 Å². The Morgan fingerprint density at radius 2 is 2.18 bits per heavy atom. The van der Waals surface area contributed by atoms with Crippen molar-refractivity contribution in [2.45, 2.75) is 37.9 Å². The lowest BCUT2D eigenvalue weighted by Crippen LogP contribution is -1.93. The van der Waals surface area contributed by atoms with Crippen molar-refractivity contribution >= 4 is 27.7 Å². The molecule has 64 valence electrons. The maximum absolute atomic E-state index is 8.34. The predicted molar refractivity (Wildman–Crippen MR) is 54.9 cm³/mol. The van der Waals surface area contributed by atoms with Gasteiger partial charge in [-0.25, -0.2) is 0 Å². The number of alkyl halides is 1. The van der Waals surface area contributed by atoms with Gasteiger partial charge < -0.3 is 0 Å². The zero-order valence-electron chi connectivity index (χ0n) is 6.85. The Morgan fingerprint density at radius 3 is 2.73 bits per heavy atom. The molecule has 0 rings (SSSR count). The van der Waals surface area contributed by atoms with Crippen molar-refractivity contribution in [2.75, 3.05) is 5.33 Å². The topological polar surface area (TPSA) is 23.8 Å². The third-order valence-corrected chi connectivity index (χ3v) is 2.80. The van der Waals surface area contributed by atoms with E-state index >= 15 is 0 Å². The molecule has 0 aliphatic heterocycles. The lowest BCUT2D eigenvalue weighted by atomic mass is 10.2. The van der Waals surface area contributed by atoms with Gasteiger partial charge in [-0.05, 0) is 24.6 Å². The summed E-state index contributed by atoms with van der Waals surface area (Å²) in [5.74, 6) is 0. The highest BCUT2D eigenvalue weighted by molar-refractivity contribution is 9.09. The second-order valence-corrected chi connectivity index (χ2v) is 4.57. The van der Waals surface area contributed by atoms with Gasteiger partial charge in [-0.2, -0.15) is 5.26 Å². The Hall–Kier alpha value is 0.320. The Labute approximate surface area is 81.7 Å². The van der Waals surface area contributed by atoms with Crippen molar-refractivity contribution in [2.24, 2.45) is 0 Å². The van der Waals surface area contributed by atoms with E-state index in [1.165, 1.54) is 37.4 Å². The van der Waals surface area contributed by atoms with Crippen molar-refractivity contribution in [3.63, 3.8) is 0 Å². The monoisotopic (exact) mass is 235 g/mol. The number of hydrogen-bond donors (Lipinski definition) is 0. The van der Waals surface area contributed by atoms with Crippen LogP contribution in [0.3, 0.4) is 0 Å². The normalized spacial score (nSPS) is 12.5. The van der Waals surface area contributed by atoms with Crippen LogP contribution >= 0.6 is 27.7 Å². The summed E-state index contributed by atoms with van der Waals surface area (Å²) in [6, 6.07) is 0. The molecule has 0 spiro atoms. The molecule has 0 aromatic rings. The second-order valence-electron chi connectivity index (χ2n) is 2.56. The Bertz CT molecular complexity index is 122. The van der Waals surface area contributed by atoms with E-state index in [0.717, 1.165) is 5.33 Å². The molecule has 0 aromatic carbocycles. The molecule has 0 saturated heterocycles. The molecule has 0 fully saturated rings. The number of nitrogens with zero attached hydrogens (tertiary/aromatic N) is 1. The lowest BCUT2D eigenvalue weighted by molar-refractivity contribution is 0.670. The zero-order valence-corrected chi connectivity index (χ0v) is 9.25. The molecule has 1 nitrogen and oxygen atoms in total. The Balaban J connectivity index is 3.05. The average molecular weight is 236 g/mol. The first kappa shape index (κ1) is 11.3. The van der Waals surface area contributed by atoms with E-state index in [1.807, 2.05) is 0 Å². The summed E-state index contributed by atoms with van der Waals surface area (Å²) in [5, 5.41) is 12.1. The van der Waals surface area contributed by atoms with Gasteiger partial charge in [0.2, 0.25) is 0 Å². The zero-order chi connectivity index (χ0) is 8.53. The van der Waals surface area contributed by atoms with Gasteiger partial charge in [0.15, 0.2) is 0 Å². The van der Waals surface area contributed by atoms with Gasteiger partial charge >= 0.3 is 0 Å². The molecule has 0 aromatic heterocycles. The van der Waals surface area contributed by atoms with Gasteiger partial charge in [-0.3, -0.25) is 0 Å². The fraction of sp³-hybridized carbons (Fsp3) is 0.875. The average Bonchev–Trinajstić information content (AvgIpc) is 1.99. The summed E-state index contributed by atoms with van der Waals surface area (Å²) in [4.78, 5) is 0. The van der Waals surface area contributed by atoms with Gasteiger partial charge in [0, 0.05) is 10.6 Å². The largest absolute Gasteiger partial charge is 0.185 e. The van der Waals surface area contributed by atoms with E-state index in [0.29, 0.717) is 5.25 Å². The lowest BCUT2D eigenvalue weighted by Gasteiger charge is -2.03. The predicted octanol–water partition coefficient (Wildman–Crippen LogP) is 3.54. The molecular weight excluding hydrogens is 222 g/mol. The van der Waals surface area contributed by atoms with Crippen molar-refractivity contribution in [1.29, 1.82) is 5.26 Å². The van der Waals surface area contributed by atoms with E-state index in [-0.39, 0.29) is 0 Å². The quantitative estimate of drug-likeness (QED) is 0.400. The van der Waals surface area contributed by atoms with Crippen LogP contribution in [0.4, 0.5) is 0 Å². The smallest absolute Gasteiger partial charge is 0.133 e. The highest BCUT2D eigenvalue weighted by Crippen LogP contribution is 2.15. The molecule has 0 aliphatic carbocycles. The fourth-order valence-corrected chi connectivity index (χ4v) is 1.71. The van der Waals surface area contributed by atoms with Crippen molar-refractivity contribution in [3.05, 3.63) is 0 Å². The van der Waals surface area contributed by atoms with E-state index < -0.39 is 0 Å². The number of thiocyanates is 1. The van der Waals surface area contributed by atoms with E-state index in [2.05, 4.69) is 28.3 Å². The summed E-state index contributed by atoms with van der Waals surface area (Å²) in [6.07, 6.45) is 4.96. The van der Waals surface area contributed by atoms with E-state index in [4.69, 9.17) is 5.26 Å². The third-order valence-electron chi connectivity index (χ3n) is 1.50. The molecule has 1 atom stereocenters. The number of thioether (sulfide) groups is 1. The maximum atomic E-state index is 8.34. The number of nitriles is 1. The van der Waals surface area contributed by atoms with Crippen LogP contribution in [0.1, 0.15) is 32.6 Å². The minimum atomic E-state index is 0.510. The van der Waals surface area contributed by atoms with E-state index in [1.54, 1.807) is 0 Å². The first-order valence-electron chi connectivity index (χ1n) is 3.92. The Morgan fingerprint density at radius 1 is 1.45 bits per heavy atom. The van der Waals surface area contributed by atoms with Crippen LogP contribution in [-0.2, 0) is 0 Å². The molecule has 0 bridgehead atoms. The highest BCUT2D eigenvalue weighted by Gasteiger charge is 2.00. The standard InChI is InChI=1S/C8H14BrNS/c1-8(11-7-10)5-3-2-4-6-9/h8H,2-6H2,1H3. The van der Waals surface area contributed by atoms with Crippen molar-refractivity contribution < 1.29 is 0 Å². The summed E-state index contributed by atoms with van der Waals surface area (Å²) < 4.78 is 0. The molecular formula is C8H14BrNS. The molecule has 0 aliphatic rings. The van der Waals surface area contributed by atoms with Crippen LogP contribution in [0.25, 0.3) is 0 Å². The molecule has 11 heavy (non-hydrogen) atoms. The van der Waals surface area contributed by atoms with Gasteiger partial charge in [-0.15, -0.1) is 0 Å². The summed E-state index contributed by atoms with van der Waals surface area (Å²) in [7, 11) is 0. The van der Waals surface area contributed by atoms with Crippen molar-refractivity contribution in [1.82, 2.24) is 0 Å². The number of hydrogen-bond acceptors (Lipinski definition) is 2. The maximum Gasteiger partial charge on any atom is 0.133 e. The number of unbranched alkanes of at least 4 members (excludes halogenated alkanes) is 2. The summed E-state index contributed by atoms with van der Waals surface area (Å²) in [5.41, 5.74) is 0. The van der Waals surface area contributed by atoms with Crippen LogP contribution < -0.4 is 0 Å². The molecule has 0 saturated carbocycles. The van der Waals surface area contributed by atoms with Crippen LogP contribution in [-0.4, -0.2) is 10.6 Å². The fourth-order valence-electron chi connectivity index (χ4n) is 0.852. The van der Waals surface area contributed by atoms with Gasteiger partial charge in [0.1, 0.15) is 5.40 Å². The highest BCUT2D eigenvalue weighted by atomic mass is 79.9.